The maximum absolute atomic E-state index is 13.7. The number of ether oxygens (including phenoxy) is 1. The molecule has 3 aromatic rings. The second-order valence-electron chi connectivity index (χ2n) is 5.18. The zero-order valence-corrected chi connectivity index (χ0v) is 14.2. The molecule has 25 heavy (non-hydrogen) atoms. The van der Waals surface area contributed by atoms with E-state index in [1.54, 1.807) is 55.8 Å². The van der Waals surface area contributed by atoms with E-state index in [4.69, 9.17) is 16.3 Å². The van der Waals surface area contributed by atoms with Gasteiger partial charge in [0.25, 0.3) is 0 Å². The number of benzene rings is 2. The van der Waals surface area contributed by atoms with Crippen molar-refractivity contribution in [2.75, 3.05) is 17.7 Å². The largest absolute Gasteiger partial charge is 0.495 e. The van der Waals surface area contributed by atoms with Crippen LogP contribution in [0.1, 0.15) is 5.56 Å². The molecule has 1 heterocycles. The Labute approximate surface area is 149 Å². The molecule has 0 amide bonds. The van der Waals surface area contributed by atoms with E-state index in [-0.39, 0.29) is 5.82 Å². The van der Waals surface area contributed by atoms with Crippen LogP contribution in [0.4, 0.5) is 21.8 Å². The molecule has 0 aliphatic carbocycles. The maximum Gasteiger partial charge on any atom is 0.229 e. The van der Waals surface area contributed by atoms with Crippen LogP contribution < -0.4 is 15.4 Å². The molecule has 0 unspecified atom stereocenters. The Hall–Kier alpha value is -2.86. The molecule has 2 N–H and O–H groups in total. The molecule has 0 spiro atoms. The fraction of sp³-hybridized carbons (Fsp3) is 0.111. The number of nitrogens with zero attached hydrogens (tertiary/aromatic N) is 2. The second-order valence-corrected chi connectivity index (χ2v) is 5.62. The molecule has 0 saturated heterocycles. The van der Waals surface area contributed by atoms with Crippen LogP contribution in [-0.4, -0.2) is 17.1 Å². The molecular weight excluding hydrogens is 343 g/mol. The van der Waals surface area contributed by atoms with E-state index in [0.717, 1.165) is 0 Å². The zero-order valence-electron chi connectivity index (χ0n) is 13.5. The van der Waals surface area contributed by atoms with Crippen molar-refractivity contribution < 1.29 is 9.13 Å². The van der Waals surface area contributed by atoms with Crippen molar-refractivity contribution >= 4 is 29.1 Å². The Balaban J connectivity index is 1.74. The fourth-order valence-electron chi connectivity index (χ4n) is 2.24. The summed E-state index contributed by atoms with van der Waals surface area (Å²) in [6, 6.07) is 13.5. The normalized spacial score (nSPS) is 10.4. The SMILES string of the molecule is COc1ccc(Cl)cc1Nc1nccc(NCc2ccccc2F)n1. The van der Waals surface area contributed by atoms with E-state index in [0.29, 0.717) is 40.3 Å². The number of hydrogen-bond acceptors (Lipinski definition) is 5. The first-order chi connectivity index (χ1) is 12.2. The molecule has 3 rings (SSSR count). The van der Waals surface area contributed by atoms with E-state index >= 15 is 0 Å². The van der Waals surface area contributed by atoms with Gasteiger partial charge in [-0.15, -0.1) is 0 Å². The Kier molecular flexibility index (Phi) is 5.30. The maximum atomic E-state index is 13.7. The topological polar surface area (TPSA) is 59.1 Å². The van der Waals surface area contributed by atoms with Gasteiger partial charge in [-0.05, 0) is 30.3 Å². The molecular formula is C18H16ClFN4O. The third-order valence-corrected chi connectivity index (χ3v) is 3.72. The number of halogens is 2. The van der Waals surface area contributed by atoms with E-state index < -0.39 is 0 Å². The molecule has 0 fully saturated rings. The van der Waals surface area contributed by atoms with Crippen LogP contribution in [0, 0.1) is 5.82 Å². The first-order valence-corrected chi connectivity index (χ1v) is 7.94. The van der Waals surface area contributed by atoms with Crippen molar-refractivity contribution in [2.24, 2.45) is 0 Å². The van der Waals surface area contributed by atoms with Gasteiger partial charge in [0.15, 0.2) is 0 Å². The summed E-state index contributed by atoms with van der Waals surface area (Å²) in [5.41, 5.74) is 1.22. The van der Waals surface area contributed by atoms with E-state index in [1.165, 1.54) is 6.07 Å². The predicted molar refractivity (Wildman–Crippen MR) is 97.0 cm³/mol. The summed E-state index contributed by atoms with van der Waals surface area (Å²) in [5.74, 6) is 1.31. The van der Waals surface area contributed by atoms with Crippen LogP contribution in [0.3, 0.4) is 0 Å². The minimum atomic E-state index is -0.258. The lowest BCUT2D eigenvalue weighted by atomic mass is 10.2. The third kappa shape index (κ3) is 4.36. The highest BCUT2D eigenvalue weighted by atomic mass is 35.5. The number of nitrogens with one attached hydrogen (secondary N) is 2. The van der Waals surface area contributed by atoms with E-state index in [1.807, 2.05) is 0 Å². The van der Waals surface area contributed by atoms with Crippen molar-refractivity contribution in [3.05, 3.63) is 71.1 Å². The van der Waals surface area contributed by atoms with Gasteiger partial charge in [-0.3, -0.25) is 0 Å². The summed E-state index contributed by atoms with van der Waals surface area (Å²) in [5, 5.41) is 6.71. The van der Waals surface area contributed by atoms with Crippen molar-refractivity contribution in [3.63, 3.8) is 0 Å². The molecule has 1 aromatic heterocycles. The van der Waals surface area contributed by atoms with Gasteiger partial charge in [-0.1, -0.05) is 29.8 Å². The minimum absolute atomic E-state index is 0.258. The number of rotatable bonds is 6. The fourth-order valence-corrected chi connectivity index (χ4v) is 2.42. The Bertz CT molecular complexity index is 875. The van der Waals surface area contributed by atoms with Crippen LogP contribution in [-0.2, 0) is 6.54 Å². The zero-order chi connectivity index (χ0) is 17.6. The van der Waals surface area contributed by atoms with Crippen molar-refractivity contribution in [2.45, 2.75) is 6.54 Å². The average molecular weight is 359 g/mol. The number of methoxy groups -OCH3 is 1. The number of hydrogen-bond donors (Lipinski definition) is 2. The summed E-state index contributed by atoms with van der Waals surface area (Å²) in [7, 11) is 1.57. The second kappa shape index (κ2) is 7.81. The first-order valence-electron chi connectivity index (χ1n) is 7.56. The van der Waals surface area contributed by atoms with E-state index in [2.05, 4.69) is 20.6 Å². The Morgan fingerprint density at radius 1 is 1.16 bits per heavy atom. The molecule has 0 aliphatic rings. The van der Waals surface area contributed by atoms with Crippen LogP contribution in [0.5, 0.6) is 5.75 Å². The summed E-state index contributed by atoms with van der Waals surface area (Å²) >= 11 is 6.02. The Morgan fingerprint density at radius 3 is 2.80 bits per heavy atom. The summed E-state index contributed by atoms with van der Waals surface area (Å²) in [4.78, 5) is 8.54. The van der Waals surface area contributed by atoms with Gasteiger partial charge in [0.2, 0.25) is 5.95 Å². The van der Waals surface area contributed by atoms with Crippen LogP contribution in [0.15, 0.2) is 54.7 Å². The molecule has 0 atom stereocenters. The standard InChI is InChI=1S/C18H16ClFN4O/c1-25-16-7-6-13(19)10-15(16)23-18-21-9-8-17(24-18)22-11-12-4-2-3-5-14(12)20/h2-10H,11H2,1H3,(H2,21,22,23,24). The number of aromatic nitrogens is 2. The van der Waals surface area contributed by atoms with Crippen molar-refractivity contribution in [3.8, 4) is 5.75 Å². The van der Waals surface area contributed by atoms with Crippen LogP contribution >= 0.6 is 11.6 Å². The highest BCUT2D eigenvalue weighted by Crippen LogP contribution is 2.29. The van der Waals surface area contributed by atoms with E-state index in [9.17, 15) is 4.39 Å². The quantitative estimate of drug-likeness (QED) is 0.672. The number of anilines is 3. The highest BCUT2D eigenvalue weighted by Gasteiger charge is 2.07. The van der Waals surface area contributed by atoms with Crippen molar-refractivity contribution in [1.82, 2.24) is 9.97 Å². The molecule has 128 valence electrons. The smallest absolute Gasteiger partial charge is 0.229 e. The van der Waals surface area contributed by atoms with Crippen molar-refractivity contribution in [1.29, 1.82) is 0 Å². The third-order valence-electron chi connectivity index (χ3n) is 3.48. The monoisotopic (exact) mass is 358 g/mol. The van der Waals surface area contributed by atoms with Crippen LogP contribution in [0.25, 0.3) is 0 Å². The van der Waals surface area contributed by atoms with Gasteiger partial charge in [0, 0.05) is 23.3 Å². The van der Waals surface area contributed by atoms with Crippen LogP contribution in [0.2, 0.25) is 5.02 Å². The molecule has 0 bridgehead atoms. The lowest BCUT2D eigenvalue weighted by Crippen LogP contribution is -2.05. The lowest BCUT2D eigenvalue weighted by Gasteiger charge is -2.11. The Morgan fingerprint density at radius 2 is 2.00 bits per heavy atom. The molecule has 2 aromatic carbocycles. The first kappa shape index (κ1) is 17.0. The molecule has 0 aliphatic heterocycles. The highest BCUT2D eigenvalue weighted by molar-refractivity contribution is 6.31. The minimum Gasteiger partial charge on any atom is -0.495 e. The molecule has 7 heteroatoms. The van der Waals surface area contributed by atoms with Gasteiger partial charge in [0.1, 0.15) is 17.4 Å². The van der Waals surface area contributed by atoms with Gasteiger partial charge >= 0.3 is 0 Å². The van der Waals surface area contributed by atoms with Gasteiger partial charge in [0.05, 0.1) is 12.8 Å². The average Bonchev–Trinajstić information content (AvgIpc) is 2.62. The molecule has 0 radical (unpaired) electrons. The van der Waals surface area contributed by atoms with Gasteiger partial charge in [-0.2, -0.15) is 4.98 Å². The summed E-state index contributed by atoms with van der Waals surface area (Å²) in [6.07, 6.45) is 1.61. The molecule has 0 saturated carbocycles. The van der Waals surface area contributed by atoms with Gasteiger partial charge in [-0.25, -0.2) is 9.37 Å². The van der Waals surface area contributed by atoms with Gasteiger partial charge < -0.3 is 15.4 Å². The summed E-state index contributed by atoms with van der Waals surface area (Å²) in [6.45, 7) is 0.323. The predicted octanol–water partition coefficient (Wildman–Crippen LogP) is 4.63. The summed E-state index contributed by atoms with van der Waals surface area (Å²) < 4.78 is 19.0. The lowest BCUT2D eigenvalue weighted by molar-refractivity contribution is 0.417. The molecule has 5 nitrogen and oxygen atoms in total.